The molecule has 1 atom stereocenters. The summed E-state index contributed by atoms with van der Waals surface area (Å²) in [5.74, 6) is -0.487. The molecular weight excluding hydrogens is 371 g/mol. The molecule has 1 aliphatic heterocycles. The van der Waals surface area contributed by atoms with Gasteiger partial charge in [0.2, 0.25) is 11.8 Å². The number of anilines is 2. The van der Waals surface area contributed by atoms with Gasteiger partial charge < -0.3 is 15.0 Å². The van der Waals surface area contributed by atoms with Crippen molar-refractivity contribution in [2.24, 2.45) is 5.92 Å². The van der Waals surface area contributed by atoms with Crippen molar-refractivity contribution in [3.8, 4) is 11.5 Å². The van der Waals surface area contributed by atoms with E-state index in [0.29, 0.717) is 17.2 Å². The number of benzene rings is 3. The Labute approximate surface area is 167 Å². The number of halogens is 1. The molecule has 0 aliphatic carbocycles. The number of ether oxygens (including phenoxy) is 1. The van der Waals surface area contributed by atoms with Crippen LogP contribution in [0.1, 0.15) is 6.42 Å². The van der Waals surface area contributed by atoms with E-state index in [1.54, 1.807) is 30.3 Å². The van der Waals surface area contributed by atoms with Gasteiger partial charge in [0.05, 0.1) is 17.3 Å². The minimum Gasteiger partial charge on any atom is -0.455 e. The van der Waals surface area contributed by atoms with Crippen LogP contribution in [0.2, 0.25) is 0 Å². The molecule has 4 rings (SSSR count). The standard InChI is InChI=1S/C23H19FN2O3/c24-18-10-4-6-12-20(18)26-15-16(14-22(26)27)23(28)25-19-11-5-7-13-21(19)29-17-8-2-1-3-9-17/h1-13,16H,14-15H2,(H,25,28)/t16-/m0/s1. The second kappa shape index (κ2) is 8.14. The predicted octanol–water partition coefficient (Wildman–Crippen LogP) is 4.61. The Morgan fingerprint density at radius 2 is 1.66 bits per heavy atom. The topological polar surface area (TPSA) is 58.6 Å². The van der Waals surface area contributed by atoms with Crippen LogP contribution in [0.15, 0.2) is 78.9 Å². The smallest absolute Gasteiger partial charge is 0.229 e. The lowest BCUT2D eigenvalue weighted by atomic mass is 10.1. The van der Waals surface area contributed by atoms with Crippen LogP contribution >= 0.6 is 0 Å². The van der Waals surface area contributed by atoms with Gasteiger partial charge >= 0.3 is 0 Å². The Morgan fingerprint density at radius 1 is 0.966 bits per heavy atom. The molecule has 0 spiro atoms. The minimum atomic E-state index is -0.577. The van der Waals surface area contributed by atoms with Crippen LogP contribution in [0.3, 0.4) is 0 Å². The molecule has 146 valence electrons. The first kappa shape index (κ1) is 18.7. The van der Waals surface area contributed by atoms with Crippen molar-refractivity contribution in [3.63, 3.8) is 0 Å². The Morgan fingerprint density at radius 3 is 2.45 bits per heavy atom. The first-order chi connectivity index (χ1) is 14.1. The van der Waals surface area contributed by atoms with Gasteiger partial charge in [0.25, 0.3) is 0 Å². The van der Waals surface area contributed by atoms with Crippen LogP contribution in [-0.4, -0.2) is 18.4 Å². The highest BCUT2D eigenvalue weighted by atomic mass is 19.1. The summed E-state index contributed by atoms with van der Waals surface area (Å²) in [6.45, 7) is 0.132. The van der Waals surface area contributed by atoms with Gasteiger partial charge in [-0.15, -0.1) is 0 Å². The normalized spacial score (nSPS) is 16.0. The Hall–Kier alpha value is -3.67. The number of carbonyl (C=O) groups excluding carboxylic acids is 2. The largest absolute Gasteiger partial charge is 0.455 e. The van der Waals surface area contributed by atoms with Gasteiger partial charge in [0.1, 0.15) is 11.6 Å². The summed E-state index contributed by atoms with van der Waals surface area (Å²) in [6.07, 6.45) is 0.0296. The van der Waals surface area contributed by atoms with Gasteiger partial charge in [-0.05, 0) is 36.4 Å². The third kappa shape index (κ3) is 4.11. The summed E-state index contributed by atoms with van der Waals surface area (Å²) in [6, 6.07) is 22.4. The van der Waals surface area contributed by atoms with Crippen molar-refractivity contribution in [1.82, 2.24) is 0 Å². The van der Waals surface area contributed by atoms with Crippen LogP contribution in [0.5, 0.6) is 11.5 Å². The van der Waals surface area contributed by atoms with Crippen LogP contribution in [0.25, 0.3) is 0 Å². The molecule has 1 heterocycles. The highest BCUT2D eigenvalue weighted by Crippen LogP contribution is 2.31. The monoisotopic (exact) mass is 390 g/mol. The van der Waals surface area contributed by atoms with Gasteiger partial charge in [-0.2, -0.15) is 0 Å². The number of para-hydroxylation sites is 4. The fourth-order valence-corrected chi connectivity index (χ4v) is 3.30. The molecule has 1 aliphatic rings. The average molecular weight is 390 g/mol. The number of rotatable bonds is 5. The molecule has 0 radical (unpaired) electrons. The molecule has 0 saturated carbocycles. The SMILES string of the molecule is O=C(Nc1ccccc1Oc1ccccc1)[C@H]1CC(=O)N(c2ccccc2F)C1. The van der Waals surface area contributed by atoms with Gasteiger partial charge in [0, 0.05) is 13.0 Å². The van der Waals surface area contributed by atoms with E-state index in [9.17, 15) is 14.0 Å². The lowest BCUT2D eigenvalue weighted by Gasteiger charge is -2.18. The summed E-state index contributed by atoms with van der Waals surface area (Å²) in [5.41, 5.74) is 0.707. The molecule has 29 heavy (non-hydrogen) atoms. The van der Waals surface area contributed by atoms with Crippen molar-refractivity contribution >= 4 is 23.2 Å². The highest BCUT2D eigenvalue weighted by molar-refractivity contribution is 6.04. The van der Waals surface area contributed by atoms with Gasteiger partial charge in [0.15, 0.2) is 5.75 Å². The van der Waals surface area contributed by atoms with E-state index in [1.807, 2.05) is 36.4 Å². The van der Waals surface area contributed by atoms with E-state index in [0.717, 1.165) is 0 Å². The van der Waals surface area contributed by atoms with E-state index in [4.69, 9.17) is 4.74 Å². The van der Waals surface area contributed by atoms with Crippen molar-refractivity contribution in [1.29, 1.82) is 0 Å². The molecule has 6 heteroatoms. The first-order valence-electron chi connectivity index (χ1n) is 9.29. The summed E-state index contributed by atoms with van der Waals surface area (Å²) in [7, 11) is 0. The molecule has 0 unspecified atom stereocenters. The van der Waals surface area contributed by atoms with Crippen LogP contribution in [0.4, 0.5) is 15.8 Å². The lowest BCUT2D eigenvalue weighted by molar-refractivity contribution is -0.122. The zero-order valence-electron chi connectivity index (χ0n) is 15.5. The number of amides is 2. The van der Waals surface area contributed by atoms with Crippen LogP contribution in [0, 0.1) is 11.7 Å². The zero-order chi connectivity index (χ0) is 20.2. The molecule has 1 fully saturated rings. The maximum atomic E-state index is 14.0. The van der Waals surface area contributed by atoms with Gasteiger partial charge in [-0.1, -0.05) is 42.5 Å². The number of hydrogen-bond donors (Lipinski definition) is 1. The molecule has 1 saturated heterocycles. The molecular formula is C23H19FN2O3. The van der Waals surface area contributed by atoms with E-state index in [1.165, 1.54) is 17.0 Å². The predicted molar refractivity (Wildman–Crippen MR) is 108 cm³/mol. The van der Waals surface area contributed by atoms with E-state index in [2.05, 4.69) is 5.32 Å². The third-order valence-electron chi connectivity index (χ3n) is 4.76. The fourth-order valence-electron chi connectivity index (χ4n) is 3.30. The number of nitrogens with one attached hydrogen (secondary N) is 1. The van der Waals surface area contributed by atoms with E-state index < -0.39 is 11.7 Å². The van der Waals surface area contributed by atoms with Crippen LogP contribution < -0.4 is 15.0 Å². The van der Waals surface area contributed by atoms with Gasteiger partial charge in [-0.3, -0.25) is 9.59 Å². The summed E-state index contributed by atoms with van der Waals surface area (Å²) < 4.78 is 19.9. The number of nitrogens with zero attached hydrogens (tertiary/aromatic N) is 1. The maximum absolute atomic E-state index is 14.0. The summed E-state index contributed by atoms with van der Waals surface area (Å²) >= 11 is 0. The van der Waals surface area contributed by atoms with Gasteiger partial charge in [-0.25, -0.2) is 4.39 Å². The van der Waals surface area contributed by atoms with E-state index >= 15 is 0 Å². The lowest BCUT2D eigenvalue weighted by Crippen LogP contribution is -2.28. The fraction of sp³-hybridized carbons (Fsp3) is 0.130. The zero-order valence-corrected chi connectivity index (χ0v) is 15.5. The molecule has 3 aromatic rings. The number of carbonyl (C=O) groups is 2. The molecule has 1 N–H and O–H groups in total. The summed E-state index contributed by atoms with van der Waals surface area (Å²) in [4.78, 5) is 26.5. The third-order valence-corrected chi connectivity index (χ3v) is 4.76. The molecule has 3 aromatic carbocycles. The number of hydrogen-bond acceptors (Lipinski definition) is 3. The first-order valence-corrected chi connectivity index (χ1v) is 9.29. The van der Waals surface area contributed by atoms with Crippen LogP contribution in [-0.2, 0) is 9.59 Å². The Bertz CT molecular complexity index is 1040. The molecule has 2 amide bonds. The molecule has 0 aromatic heterocycles. The summed E-state index contributed by atoms with van der Waals surface area (Å²) in [5, 5.41) is 2.84. The quantitative estimate of drug-likeness (QED) is 0.692. The maximum Gasteiger partial charge on any atom is 0.229 e. The van der Waals surface area contributed by atoms with E-state index in [-0.39, 0.29) is 30.5 Å². The van der Waals surface area contributed by atoms with Crippen molar-refractivity contribution < 1.29 is 18.7 Å². The minimum absolute atomic E-state index is 0.0296. The molecule has 5 nitrogen and oxygen atoms in total. The Kier molecular flexibility index (Phi) is 5.24. The van der Waals surface area contributed by atoms with Crippen molar-refractivity contribution in [3.05, 3.63) is 84.7 Å². The highest BCUT2D eigenvalue weighted by Gasteiger charge is 2.36. The van der Waals surface area contributed by atoms with Crippen molar-refractivity contribution in [2.75, 3.05) is 16.8 Å². The van der Waals surface area contributed by atoms with Crippen molar-refractivity contribution in [2.45, 2.75) is 6.42 Å². The second-order valence-corrected chi connectivity index (χ2v) is 6.76. The second-order valence-electron chi connectivity index (χ2n) is 6.76. The Balaban J connectivity index is 1.48. The average Bonchev–Trinajstić information content (AvgIpc) is 3.12. The molecule has 0 bridgehead atoms.